The van der Waals surface area contributed by atoms with E-state index in [2.05, 4.69) is 0 Å². The molecule has 0 radical (unpaired) electrons. The van der Waals surface area contributed by atoms with E-state index < -0.39 is 5.97 Å². The van der Waals surface area contributed by atoms with Crippen molar-refractivity contribution in [1.29, 1.82) is 0 Å². The molecule has 5 nitrogen and oxygen atoms in total. The van der Waals surface area contributed by atoms with Crippen LogP contribution in [0.4, 0.5) is 0 Å². The molecular formula is C17H15NO4. The van der Waals surface area contributed by atoms with E-state index in [1.165, 1.54) is 6.07 Å². The average Bonchev–Trinajstić information content (AvgIpc) is 3.02. The zero-order valence-electron chi connectivity index (χ0n) is 11.8. The Morgan fingerprint density at radius 1 is 1.05 bits per heavy atom. The number of likely N-dealkylation sites (tertiary alicyclic amines) is 1. The van der Waals surface area contributed by atoms with Gasteiger partial charge in [-0.1, -0.05) is 30.3 Å². The van der Waals surface area contributed by atoms with E-state index in [4.69, 9.17) is 5.11 Å². The Hall–Kier alpha value is -2.56. The van der Waals surface area contributed by atoms with Crippen molar-refractivity contribution in [3.05, 3.63) is 42.0 Å². The minimum absolute atomic E-state index is 0.0286. The highest BCUT2D eigenvalue weighted by Crippen LogP contribution is 2.52. The van der Waals surface area contributed by atoms with Gasteiger partial charge in [0.05, 0.1) is 11.5 Å². The molecule has 1 aliphatic carbocycles. The lowest BCUT2D eigenvalue weighted by Crippen LogP contribution is -2.32. The lowest BCUT2D eigenvalue weighted by molar-refractivity contribution is -0.139. The third-order valence-electron chi connectivity index (χ3n) is 4.89. The molecule has 0 bridgehead atoms. The molecule has 2 aliphatic rings. The van der Waals surface area contributed by atoms with Crippen LogP contribution in [-0.2, 0) is 4.79 Å². The number of piperidine rings is 1. The highest BCUT2D eigenvalue weighted by Gasteiger charge is 2.60. The number of carbonyl (C=O) groups excluding carboxylic acids is 1. The summed E-state index contributed by atoms with van der Waals surface area (Å²) < 4.78 is 0. The van der Waals surface area contributed by atoms with Crippen LogP contribution < -0.4 is 0 Å². The van der Waals surface area contributed by atoms with Gasteiger partial charge in [-0.3, -0.25) is 9.59 Å². The number of carboxylic acids is 1. The van der Waals surface area contributed by atoms with E-state index in [0.717, 1.165) is 10.8 Å². The van der Waals surface area contributed by atoms with Crippen LogP contribution in [0.15, 0.2) is 36.4 Å². The number of phenolic OH excluding ortho intramolecular Hbond substituents is 1. The molecule has 1 heterocycles. The van der Waals surface area contributed by atoms with Crippen LogP contribution in [0.2, 0.25) is 0 Å². The number of hydrogen-bond donors (Lipinski definition) is 2. The number of fused-ring (bicyclic) bond motifs is 2. The summed E-state index contributed by atoms with van der Waals surface area (Å²) in [5.74, 6) is -1.18. The normalized spacial score (nSPS) is 26.0. The van der Waals surface area contributed by atoms with E-state index in [0.29, 0.717) is 18.7 Å². The fourth-order valence-electron chi connectivity index (χ4n) is 3.70. The van der Waals surface area contributed by atoms with Crippen LogP contribution in [0.5, 0.6) is 5.75 Å². The van der Waals surface area contributed by atoms with Crippen molar-refractivity contribution in [2.45, 2.75) is 0 Å². The lowest BCUT2D eigenvalue weighted by atomic mass is 10.0. The summed E-state index contributed by atoms with van der Waals surface area (Å²) >= 11 is 0. The molecule has 4 rings (SSSR count). The molecule has 0 aromatic heterocycles. The van der Waals surface area contributed by atoms with Gasteiger partial charge in [0, 0.05) is 13.1 Å². The van der Waals surface area contributed by atoms with Gasteiger partial charge in [0.25, 0.3) is 5.91 Å². The number of aromatic hydroxyl groups is 1. The Labute approximate surface area is 126 Å². The van der Waals surface area contributed by atoms with Crippen LogP contribution >= 0.6 is 0 Å². The van der Waals surface area contributed by atoms with Crippen LogP contribution in [0, 0.1) is 17.8 Å². The fourth-order valence-corrected chi connectivity index (χ4v) is 3.70. The second-order valence-electron chi connectivity index (χ2n) is 6.08. The molecule has 22 heavy (non-hydrogen) atoms. The fraction of sp³-hybridized carbons (Fsp3) is 0.294. The number of nitrogens with zero attached hydrogens (tertiary/aromatic N) is 1. The van der Waals surface area contributed by atoms with Crippen LogP contribution in [0.3, 0.4) is 0 Å². The number of phenols is 1. The largest absolute Gasteiger partial charge is 0.507 e. The highest BCUT2D eigenvalue weighted by molar-refractivity contribution is 6.09. The van der Waals surface area contributed by atoms with E-state index >= 15 is 0 Å². The van der Waals surface area contributed by atoms with Gasteiger partial charge in [-0.15, -0.1) is 0 Å². The molecule has 5 heteroatoms. The standard InChI is InChI=1S/C17H15NO4/c19-13-6-5-9-3-1-2-4-10(9)15(13)16(20)18-7-11-12(8-18)14(11)17(21)22/h1-6,11-12,14,19H,7-8H2,(H,21,22)/t11-,12+,14?. The first-order valence-electron chi connectivity index (χ1n) is 7.30. The van der Waals surface area contributed by atoms with Gasteiger partial charge < -0.3 is 15.1 Å². The summed E-state index contributed by atoms with van der Waals surface area (Å²) in [5.41, 5.74) is 0.311. The second-order valence-corrected chi connectivity index (χ2v) is 6.08. The third kappa shape index (κ3) is 1.78. The van der Waals surface area contributed by atoms with Gasteiger partial charge in [0.2, 0.25) is 0 Å². The van der Waals surface area contributed by atoms with Crippen LogP contribution in [0.25, 0.3) is 10.8 Å². The summed E-state index contributed by atoms with van der Waals surface area (Å²) in [5, 5.41) is 20.8. The van der Waals surface area contributed by atoms with Gasteiger partial charge in [-0.25, -0.2) is 0 Å². The molecule has 0 spiro atoms. The Balaban J connectivity index is 1.65. The summed E-state index contributed by atoms with van der Waals surface area (Å²) in [6, 6.07) is 10.7. The topological polar surface area (TPSA) is 77.8 Å². The van der Waals surface area contributed by atoms with Crippen molar-refractivity contribution in [2.75, 3.05) is 13.1 Å². The maximum atomic E-state index is 12.7. The van der Waals surface area contributed by atoms with E-state index in [1.807, 2.05) is 24.3 Å². The van der Waals surface area contributed by atoms with Gasteiger partial charge in [0.1, 0.15) is 5.75 Å². The zero-order valence-corrected chi connectivity index (χ0v) is 11.8. The van der Waals surface area contributed by atoms with Crippen molar-refractivity contribution in [1.82, 2.24) is 4.90 Å². The molecular weight excluding hydrogens is 282 g/mol. The first-order valence-corrected chi connectivity index (χ1v) is 7.30. The van der Waals surface area contributed by atoms with Crippen molar-refractivity contribution < 1.29 is 19.8 Å². The Bertz CT molecular complexity index is 788. The molecule has 1 aliphatic heterocycles. The third-order valence-corrected chi connectivity index (χ3v) is 4.89. The van der Waals surface area contributed by atoms with Gasteiger partial charge >= 0.3 is 5.97 Å². The van der Waals surface area contributed by atoms with Crippen molar-refractivity contribution in [3.63, 3.8) is 0 Å². The smallest absolute Gasteiger partial charge is 0.307 e. The Morgan fingerprint density at radius 2 is 1.73 bits per heavy atom. The van der Waals surface area contributed by atoms with Crippen LogP contribution in [-0.4, -0.2) is 40.1 Å². The number of benzene rings is 2. The molecule has 1 unspecified atom stereocenters. The number of aliphatic carboxylic acids is 1. The number of amides is 1. The quantitative estimate of drug-likeness (QED) is 0.888. The molecule has 3 atom stereocenters. The maximum absolute atomic E-state index is 12.7. The van der Waals surface area contributed by atoms with Gasteiger partial charge in [0.15, 0.2) is 0 Å². The van der Waals surface area contributed by atoms with Gasteiger partial charge in [-0.2, -0.15) is 0 Å². The summed E-state index contributed by atoms with van der Waals surface area (Å²) in [4.78, 5) is 25.4. The van der Waals surface area contributed by atoms with Crippen molar-refractivity contribution in [3.8, 4) is 5.75 Å². The van der Waals surface area contributed by atoms with Crippen molar-refractivity contribution >= 4 is 22.6 Å². The monoisotopic (exact) mass is 297 g/mol. The zero-order chi connectivity index (χ0) is 15.4. The van der Waals surface area contributed by atoms with Crippen LogP contribution in [0.1, 0.15) is 10.4 Å². The molecule has 1 saturated heterocycles. The number of hydrogen-bond acceptors (Lipinski definition) is 3. The van der Waals surface area contributed by atoms with E-state index in [-0.39, 0.29) is 29.4 Å². The molecule has 2 fully saturated rings. The second kappa shape index (κ2) is 4.47. The highest BCUT2D eigenvalue weighted by atomic mass is 16.4. The Kier molecular flexibility index (Phi) is 2.66. The maximum Gasteiger partial charge on any atom is 0.307 e. The molecule has 112 valence electrons. The lowest BCUT2D eigenvalue weighted by Gasteiger charge is -2.20. The Morgan fingerprint density at radius 3 is 2.41 bits per heavy atom. The summed E-state index contributed by atoms with van der Waals surface area (Å²) in [7, 11) is 0. The van der Waals surface area contributed by atoms with E-state index in [1.54, 1.807) is 11.0 Å². The molecule has 2 aromatic carbocycles. The molecule has 1 saturated carbocycles. The van der Waals surface area contributed by atoms with E-state index in [9.17, 15) is 14.7 Å². The molecule has 1 amide bonds. The number of carbonyl (C=O) groups is 2. The molecule has 2 aromatic rings. The summed E-state index contributed by atoms with van der Waals surface area (Å²) in [6.07, 6.45) is 0. The molecule has 2 N–H and O–H groups in total. The number of rotatable bonds is 2. The summed E-state index contributed by atoms with van der Waals surface area (Å²) in [6.45, 7) is 0.923. The minimum atomic E-state index is -0.768. The van der Waals surface area contributed by atoms with Gasteiger partial charge in [-0.05, 0) is 28.7 Å². The predicted molar refractivity (Wildman–Crippen MR) is 79.6 cm³/mol. The number of carboxylic acid groups (broad SMARTS) is 1. The SMILES string of the molecule is O=C(O)C1[C@H]2CN(C(=O)c3c(O)ccc4ccccc34)C[C@@H]12. The predicted octanol–water partition coefficient (Wildman–Crippen LogP) is 1.95. The minimum Gasteiger partial charge on any atom is -0.507 e. The first-order chi connectivity index (χ1) is 10.6. The average molecular weight is 297 g/mol. The first kappa shape index (κ1) is 13.1. The van der Waals surface area contributed by atoms with Crippen molar-refractivity contribution in [2.24, 2.45) is 17.8 Å².